The topological polar surface area (TPSA) is 66.9 Å². The average Bonchev–Trinajstić information content (AvgIpc) is 2.87. The number of rotatable bonds is 3. The van der Waals surface area contributed by atoms with E-state index in [1.165, 1.54) is 23.5 Å². The van der Waals surface area contributed by atoms with Crippen LogP contribution in [0.1, 0.15) is 17.4 Å². The number of amides is 1. The molecular formula is C15H11FN2OS. The molecule has 2 rings (SSSR count). The zero-order valence-corrected chi connectivity index (χ0v) is 11.5. The van der Waals surface area contributed by atoms with Gasteiger partial charge in [-0.2, -0.15) is 5.26 Å². The lowest BCUT2D eigenvalue weighted by Crippen LogP contribution is -2.11. The molecule has 0 aliphatic carbocycles. The zero-order chi connectivity index (χ0) is 14.7. The molecule has 0 aliphatic heterocycles. The minimum absolute atomic E-state index is 0.0219. The van der Waals surface area contributed by atoms with Crippen molar-refractivity contribution in [2.45, 2.75) is 6.92 Å². The Bertz CT molecular complexity index is 741. The highest BCUT2D eigenvalue weighted by Gasteiger charge is 2.07. The molecule has 2 N–H and O–H groups in total. The fourth-order valence-electron chi connectivity index (χ4n) is 1.65. The Labute approximate surface area is 119 Å². The predicted molar refractivity (Wildman–Crippen MR) is 77.3 cm³/mol. The highest BCUT2D eigenvalue weighted by atomic mass is 32.1. The van der Waals surface area contributed by atoms with Crippen molar-refractivity contribution in [3.05, 3.63) is 51.5 Å². The van der Waals surface area contributed by atoms with Gasteiger partial charge in [0.15, 0.2) is 0 Å². The molecule has 3 nitrogen and oxygen atoms in total. The van der Waals surface area contributed by atoms with E-state index >= 15 is 0 Å². The Morgan fingerprint density at radius 1 is 1.40 bits per heavy atom. The third-order valence-electron chi connectivity index (χ3n) is 2.79. The molecule has 5 heteroatoms. The largest absolute Gasteiger partial charge is 0.366 e. The standard InChI is InChI=1S/C15H11FN2OS/c1-9(15(18)19)4-13-5-12(8-20-13)10-2-3-11(7-17)14(16)6-10/h2-6,8H,1H3,(H2,18,19)/b9-4+. The van der Waals surface area contributed by atoms with Crippen LogP contribution < -0.4 is 5.73 Å². The van der Waals surface area contributed by atoms with Gasteiger partial charge in [-0.25, -0.2) is 4.39 Å². The third-order valence-corrected chi connectivity index (χ3v) is 3.67. The van der Waals surface area contributed by atoms with Crippen LogP contribution in [0, 0.1) is 17.1 Å². The molecule has 0 saturated carbocycles. The van der Waals surface area contributed by atoms with Gasteiger partial charge in [0.1, 0.15) is 11.9 Å². The van der Waals surface area contributed by atoms with Crippen molar-refractivity contribution >= 4 is 23.3 Å². The Kier molecular flexibility index (Phi) is 3.97. The highest BCUT2D eigenvalue weighted by Crippen LogP contribution is 2.28. The van der Waals surface area contributed by atoms with E-state index < -0.39 is 11.7 Å². The Morgan fingerprint density at radius 3 is 2.75 bits per heavy atom. The lowest BCUT2D eigenvalue weighted by molar-refractivity contribution is -0.114. The molecule has 1 amide bonds. The lowest BCUT2D eigenvalue weighted by Gasteiger charge is -1.99. The van der Waals surface area contributed by atoms with Gasteiger partial charge in [0.05, 0.1) is 5.56 Å². The number of thiophene rings is 1. The van der Waals surface area contributed by atoms with Gasteiger partial charge in [0, 0.05) is 10.5 Å². The van der Waals surface area contributed by atoms with E-state index in [0.29, 0.717) is 11.1 Å². The zero-order valence-electron chi connectivity index (χ0n) is 10.7. The van der Waals surface area contributed by atoms with E-state index in [9.17, 15) is 9.18 Å². The first kappa shape index (κ1) is 14.0. The van der Waals surface area contributed by atoms with Gasteiger partial charge < -0.3 is 5.73 Å². The molecule has 20 heavy (non-hydrogen) atoms. The van der Waals surface area contributed by atoms with E-state index in [0.717, 1.165) is 10.4 Å². The summed E-state index contributed by atoms with van der Waals surface area (Å²) < 4.78 is 13.6. The van der Waals surface area contributed by atoms with Gasteiger partial charge in [-0.05, 0) is 47.7 Å². The molecule has 0 saturated heterocycles. The number of hydrogen-bond donors (Lipinski definition) is 1. The quantitative estimate of drug-likeness (QED) is 0.879. The number of primary amides is 1. The maximum absolute atomic E-state index is 13.6. The Hall–Kier alpha value is -2.45. The first-order valence-corrected chi connectivity index (χ1v) is 6.66. The lowest BCUT2D eigenvalue weighted by atomic mass is 10.1. The molecule has 0 fully saturated rings. The summed E-state index contributed by atoms with van der Waals surface area (Å²) >= 11 is 1.43. The van der Waals surface area contributed by atoms with Crippen LogP contribution in [0.4, 0.5) is 4.39 Å². The predicted octanol–water partition coefficient (Wildman–Crippen LogP) is 3.31. The van der Waals surface area contributed by atoms with Gasteiger partial charge in [-0.15, -0.1) is 11.3 Å². The number of carbonyl (C=O) groups is 1. The van der Waals surface area contributed by atoms with Gasteiger partial charge in [-0.1, -0.05) is 6.07 Å². The second kappa shape index (κ2) is 5.68. The summed E-state index contributed by atoms with van der Waals surface area (Å²) in [6.45, 7) is 1.64. The van der Waals surface area contributed by atoms with Crippen LogP contribution in [0.2, 0.25) is 0 Å². The number of benzene rings is 1. The van der Waals surface area contributed by atoms with Crippen LogP contribution >= 0.6 is 11.3 Å². The van der Waals surface area contributed by atoms with Crippen molar-refractivity contribution in [2.75, 3.05) is 0 Å². The summed E-state index contributed by atoms with van der Waals surface area (Å²) in [6, 6.07) is 8.10. The number of halogens is 1. The van der Waals surface area contributed by atoms with Crippen molar-refractivity contribution in [2.24, 2.45) is 5.73 Å². The Balaban J connectivity index is 2.34. The fourth-order valence-corrected chi connectivity index (χ4v) is 2.56. The molecule has 2 aromatic rings. The summed E-state index contributed by atoms with van der Waals surface area (Å²) in [5.74, 6) is -1.01. The summed E-state index contributed by atoms with van der Waals surface area (Å²) in [7, 11) is 0. The minimum atomic E-state index is -0.540. The number of hydrogen-bond acceptors (Lipinski definition) is 3. The summed E-state index contributed by atoms with van der Waals surface area (Å²) in [6.07, 6.45) is 1.69. The van der Waals surface area contributed by atoms with E-state index in [-0.39, 0.29) is 5.56 Å². The molecule has 0 atom stereocenters. The summed E-state index contributed by atoms with van der Waals surface area (Å²) in [4.78, 5) is 11.8. The smallest absolute Gasteiger partial charge is 0.244 e. The Morgan fingerprint density at radius 2 is 2.15 bits per heavy atom. The third kappa shape index (κ3) is 2.92. The molecule has 0 unspecified atom stereocenters. The maximum Gasteiger partial charge on any atom is 0.244 e. The van der Waals surface area contributed by atoms with Crippen LogP contribution in [-0.2, 0) is 4.79 Å². The first-order valence-electron chi connectivity index (χ1n) is 5.78. The summed E-state index contributed by atoms with van der Waals surface area (Å²) in [5.41, 5.74) is 7.18. The minimum Gasteiger partial charge on any atom is -0.366 e. The SMILES string of the molecule is C/C(=C\c1cc(-c2ccc(C#N)c(F)c2)cs1)C(N)=O. The number of carbonyl (C=O) groups excluding carboxylic acids is 1. The number of nitrogens with zero attached hydrogens (tertiary/aromatic N) is 1. The molecule has 0 spiro atoms. The molecule has 100 valence electrons. The van der Waals surface area contributed by atoms with E-state index in [1.807, 2.05) is 11.4 Å². The molecule has 1 aromatic carbocycles. The van der Waals surface area contributed by atoms with Crippen LogP contribution in [0.3, 0.4) is 0 Å². The molecule has 1 aromatic heterocycles. The molecule has 0 aliphatic rings. The highest BCUT2D eigenvalue weighted by molar-refractivity contribution is 7.11. The van der Waals surface area contributed by atoms with Gasteiger partial charge in [0.2, 0.25) is 5.91 Å². The van der Waals surface area contributed by atoms with E-state index in [1.54, 1.807) is 25.1 Å². The fraction of sp³-hybridized carbons (Fsp3) is 0.0667. The van der Waals surface area contributed by atoms with Crippen molar-refractivity contribution < 1.29 is 9.18 Å². The van der Waals surface area contributed by atoms with Crippen LogP contribution in [0.25, 0.3) is 17.2 Å². The number of nitrogens with two attached hydrogens (primary N) is 1. The molecule has 0 bridgehead atoms. The van der Waals surface area contributed by atoms with E-state index in [4.69, 9.17) is 11.0 Å². The van der Waals surface area contributed by atoms with Crippen LogP contribution in [-0.4, -0.2) is 5.91 Å². The maximum atomic E-state index is 13.6. The summed E-state index contributed by atoms with van der Waals surface area (Å²) in [5, 5.41) is 10.6. The second-order valence-corrected chi connectivity index (χ2v) is 5.18. The monoisotopic (exact) mass is 286 g/mol. The molecule has 1 heterocycles. The van der Waals surface area contributed by atoms with Gasteiger partial charge in [0.25, 0.3) is 0 Å². The molecular weight excluding hydrogens is 275 g/mol. The van der Waals surface area contributed by atoms with Crippen LogP contribution in [0.15, 0.2) is 35.2 Å². The van der Waals surface area contributed by atoms with Crippen LogP contribution in [0.5, 0.6) is 0 Å². The first-order chi connectivity index (χ1) is 9.51. The van der Waals surface area contributed by atoms with Gasteiger partial charge in [-0.3, -0.25) is 4.79 Å². The van der Waals surface area contributed by atoms with Crippen molar-refractivity contribution in [1.29, 1.82) is 5.26 Å². The second-order valence-electron chi connectivity index (χ2n) is 4.24. The van der Waals surface area contributed by atoms with Gasteiger partial charge >= 0.3 is 0 Å². The van der Waals surface area contributed by atoms with Crippen molar-refractivity contribution in [1.82, 2.24) is 0 Å². The molecule has 0 radical (unpaired) electrons. The number of nitriles is 1. The van der Waals surface area contributed by atoms with Crippen molar-refractivity contribution in [3.8, 4) is 17.2 Å². The normalized spacial score (nSPS) is 11.2. The average molecular weight is 286 g/mol. The van der Waals surface area contributed by atoms with E-state index in [2.05, 4.69) is 0 Å². The van der Waals surface area contributed by atoms with Crippen molar-refractivity contribution in [3.63, 3.8) is 0 Å².